The van der Waals surface area contributed by atoms with Crippen LogP contribution in [0.3, 0.4) is 0 Å². The molecule has 0 fully saturated rings. The molecule has 0 saturated heterocycles. The molecule has 0 amide bonds. The number of methoxy groups -OCH3 is 1. The molecule has 0 unspecified atom stereocenters. The molecule has 0 aliphatic heterocycles. The van der Waals surface area contributed by atoms with E-state index in [2.05, 4.69) is 10.5 Å². The predicted molar refractivity (Wildman–Crippen MR) is 65.1 cm³/mol. The Labute approximate surface area is 105 Å². The van der Waals surface area contributed by atoms with Crippen LogP contribution in [-0.4, -0.2) is 12.3 Å². The Kier molecular flexibility index (Phi) is 4.01. The average Bonchev–Trinajstić information content (AvgIpc) is 2.82. The van der Waals surface area contributed by atoms with E-state index >= 15 is 0 Å². The summed E-state index contributed by atoms with van der Waals surface area (Å²) in [4.78, 5) is 0. The first-order chi connectivity index (χ1) is 8.29. The van der Waals surface area contributed by atoms with Crippen LogP contribution in [0.5, 0.6) is 5.75 Å². The fourth-order valence-electron chi connectivity index (χ4n) is 1.54. The Morgan fingerprint density at radius 1 is 1.35 bits per heavy atom. The average molecular weight is 253 g/mol. The van der Waals surface area contributed by atoms with Gasteiger partial charge in [0, 0.05) is 23.2 Å². The number of halogens is 1. The third-order valence-corrected chi connectivity index (χ3v) is 2.58. The number of nitrogens with zero attached hydrogens (tertiary/aromatic N) is 1. The Balaban J connectivity index is 1.96. The standard InChI is InChI=1S/C12H13ClN2O2/c1-16-12-3-2-10(13)6-9(12)7-14-8-11-4-5-15-17-11/h2-6,14H,7-8H2,1H3. The summed E-state index contributed by atoms with van der Waals surface area (Å²) in [6.07, 6.45) is 1.62. The molecule has 1 N–H and O–H groups in total. The lowest BCUT2D eigenvalue weighted by molar-refractivity contribution is 0.371. The summed E-state index contributed by atoms with van der Waals surface area (Å²) in [5.74, 6) is 1.62. The molecule has 0 aliphatic carbocycles. The third kappa shape index (κ3) is 3.22. The summed E-state index contributed by atoms with van der Waals surface area (Å²) in [7, 11) is 1.64. The lowest BCUT2D eigenvalue weighted by atomic mass is 10.2. The summed E-state index contributed by atoms with van der Waals surface area (Å²) in [5.41, 5.74) is 1.01. The lowest BCUT2D eigenvalue weighted by Crippen LogP contribution is -2.12. The Morgan fingerprint density at radius 2 is 2.24 bits per heavy atom. The highest BCUT2D eigenvalue weighted by molar-refractivity contribution is 6.30. The van der Waals surface area contributed by atoms with Crippen LogP contribution < -0.4 is 10.1 Å². The number of benzene rings is 1. The SMILES string of the molecule is COc1ccc(Cl)cc1CNCc1ccno1. The van der Waals surface area contributed by atoms with Crippen molar-refractivity contribution in [2.45, 2.75) is 13.1 Å². The summed E-state index contributed by atoms with van der Waals surface area (Å²) >= 11 is 5.94. The molecule has 2 rings (SSSR count). The molecule has 0 aliphatic rings. The largest absolute Gasteiger partial charge is 0.496 e. The van der Waals surface area contributed by atoms with Crippen LogP contribution in [0.2, 0.25) is 5.02 Å². The van der Waals surface area contributed by atoms with Crippen molar-refractivity contribution >= 4 is 11.6 Å². The van der Waals surface area contributed by atoms with Crippen molar-refractivity contribution in [2.75, 3.05) is 7.11 Å². The maximum absolute atomic E-state index is 5.94. The maximum atomic E-state index is 5.94. The topological polar surface area (TPSA) is 47.3 Å². The lowest BCUT2D eigenvalue weighted by Gasteiger charge is -2.09. The number of ether oxygens (including phenoxy) is 1. The van der Waals surface area contributed by atoms with E-state index in [4.69, 9.17) is 20.9 Å². The van der Waals surface area contributed by atoms with Crippen LogP contribution >= 0.6 is 11.6 Å². The molecule has 1 heterocycles. The molecule has 1 aromatic heterocycles. The van der Waals surface area contributed by atoms with Crippen molar-refractivity contribution in [3.63, 3.8) is 0 Å². The van der Waals surface area contributed by atoms with Gasteiger partial charge in [-0.05, 0) is 18.2 Å². The van der Waals surface area contributed by atoms with Crippen LogP contribution in [-0.2, 0) is 13.1 Å². The summed E-state index contributed by atoms with van der Waals surface area (Å²) < 4.78 is 10.2. The molecule has 0 spiro atoms. The zero-order chi connectivity index (χ0) is 12.1. The van der Waals surface area contributed by atoms with Gasteiger partial charge in [-0.2, -0.15) is 0 Å². The van der Waals surface area contributed by atoms with E-state index in [-0.39, 0.29) is 0 Å². The van der Waals surface area contributed by atoms with E-state index in [0.29, 0.717) is 18.1 Å². The van der Waals surface area contributed by atoms with Crippen LogP contribution in [0.1, 0.15) is 11.3 Å². The molecule has 1 aromatic carbocycles. The number of aromatic nitrogens is 1. The van der Waals surface area contributed by atoms with Gasteiger partial charge >= 0.3 is 0 Å². The Bertz CT molecular complexity index is 471. The van der Waals surface area contributed by atoms with E-state index < -0.39 is 0 Å². The fourth-order valence-corrected chi connectivity index (χ4v) is 1.73. The molecule has 2 aromatic rings. The quantitative estimate of drug-likeness (QED) is 0.889. The van der Waals surface area contributed by atoms with Gasteiger partial charge in [0.25, 0.3) is 0 Å². The van der Waals surface area contributed by atoms with Gasteiger partial charge in [-0.1, -0.05) is 16.8 Å². The third-order valence-electron chi connectivity index (χ3n) is 2.35. The van der Waals surface area contributed by atoms with Crippen molar-refractivity contribution in [1.82, 2.24) is 10.5 Å². The smallest absolute Gasteiger partial charge is 0.150 e. The van der Waals surface area contributed by atoms with Gasteiger partial charge < -0.3 is 14.6 Å². The Hall–Kier alpha value is -1.52. The summed E-state index contributed by atoms with van der Waals surface area (Å²) in [6, 6.07) is 7.37. The van der Waals surface area contributed by atoms with E-state index in [9.17, 15) is 0 Å². The van der Waals surface area contributed by atoms with Crippen LogP contribution in [0.4, 0.5) is 0 Å². The van der Waals surface area contributed by atoms with Gasteiger partial charge in [-0.3, -0.25) is 0 Å². The van der Waals surface area contributed by atoms with Gasteiger partial charge in [0.1, 0.15) is 11.5 Å². The fraction of sp³-hybridized carbons (Fsp3) is 0.250. The van der Waals surface area contributed by atoms with Crippen molar-refractivity contribution < 1.29 is 9.26 Å². The van der Waals surface area contributed by atoms with Gasteiger partial charge in [0.2, 0.25) is 0 Å². The highest BCUT2D eigenvalue weighted by Gasteiger charge is 2.04. The number of hydrogen-bond acceptors (Lipinski definition) is 4. The van der Waals surface area contributed by atoms with Gasteiger partial charge in [-0.25, -0.2) is 0 Å². The Morgan fingerprint density at radius 3 is 2.94 bits per heavy atom. The molecular formula is C12H13ClN2O2. The molecular weight excluding hydrogens is 240 g/mol. The van der Waals surface area contributed by atoms with Crippen molar-refractivity contribution in [2.24, 2.45) is 0 Å². The molecule has 0 radical (unpaired) electrons. The van der Waals surface area contributed by atoms with Crippen molar-refractivity contribution in [1.29, 1.82) is 0 Å². The molecule has 5 heteroatoms. The molecule has 0 saturated carbocycles. The van der Waals surface area contributed by atoms with E-state index in [1.54, 1.807) is 19.4 Å². The second kappa shape index (κ2) is 5.70. The molecule has 0 atom stereocenters. The summed E-state index contributed by atoms with van der Waals surface area (Å²) in [5, 5.41) is 7.57. The van der Waals surface area contributed by atoms with Gasteiger partial charge in [0.05, 0.1) is 19.9 Å². The first-order valence-corrected chi connectivity index (χ1v) is 5.60. The molecule has 4 nitrogen and oxygen atoms in total. The van der Waals surface area contributed by atoms with Gasteiger partial charge in [-0.15, -0.1) is 0 Å². The zero-order valence-corrected chi connectivity index (χ0v) is 10.2. The minimum atomic E-state index is 0.621. The first kappa shape index (κ1) is 12.0. The zero-order valence-electron chi connectivity index (χ0n) is 9.44. The highest BCUT2D eigenvalue weighted by atomic mass is 35.5. The van der Waals surface area contributed by atoms with E-state index in [1.165, 1.54) is 0 Å². The van der Waals surface area contributed by atoms with Crippen molar-refractivity contribution in [3.05, 3.63) is 46.8 Å². The molecule has 0 bridgehead atoms. The second-order valence-electron chi connectivity index (χ2n) is 3.54. The second-order valence-corrected chi connectivity index (χ2v) is 3.97. The first-order valence-electron chi connectivity index (χ1n) is 5.22. The van der Waals surface area contributed by atoms with Crippen molar-refractivity contribution in [3.8, 4) is 5.75 Å². The number of rotatable bonds is 5. The van der Waals surface area contributed by atoms with E-state index in [1.807, 2.05) is 18.2 Å². The normalized spacial score (nSPS) is 10.5. The molecule has 17 heavy (non-hydrogen) atoms. The maximum Gasteiger partial charge on any atom is 0.150 e. The number of hydrogen-bond donors (Lipinski definition) is 1. The van der Waals surface area contributed by atoms with Crippen LogP contribution in [0.25, 0.3) is 0 Å². The summed E-state index contributed by atoms with van der Waals surface area (Å²) in [6.45, 7) is 1.28. The predicted octanol–water partition coefficient (Wildman–Crippen LogP) is 2.63. The van der Waals surface area contributed by atoms with E-state index in [0.717, 1.165) is 17.1 Å². The monoisotopic (exact) mass is 252 g/mol. The van der Waals surface area contributed by atoms with Crippen LogP contribution in [0, 0.1) is 0 Å². The highest BCUT2D eigenvalue weighted by Crippen LogP contribution is 2.22. The minimum Gasteiger partial charge on any atom is -0.496 e. The van der Waals surface area contributed by atoms with Crippen LogP contribution in [0.15, 0.2) is 35.0 Å². The number of nitrogens with one attached hydrogen (secondary N) is 1. The molecule has 90 valence electrons. The van der Waals surface area contributed by atoms with Gasteiger partial charge in [0.15, 0.2) is 0 Å². The minimum absolute atomic E-state index is 0.621.